The maximum Gasteiger partial charge on any atom is 0.326 e. The molecule has 2 aromatic heterocycles. The highest BCUT2D eigenvalue weighted by molar-refractivity contribution is 6.17. The van der Waals surface area contributed by atoms with Crippen LogP contribution < -0.4 is 15.0 Å². The molecule has 0 fully saturated rings. The fraction of sp³-hybridized carbons (Fsp3) is 0.190. The van der Waals surface area contributed by atoms with Gasteiger partial charge in [-0.15, -0.1) is 11.6 Å². The van der Waals surface area contributed by atoms with E-state index in [1.54, 1.807) is 35.5 Å². The third kappa shape index (κ3) is 3.77. The fourth-order valence-corrected chi connectivity index (χ4v) is 3.28. The van der Waals surface area contributed by atoms with Crippen molar-refractivity contribution in [2.24, 2.45) is 0 Å². The van der Waals surface area contributed by atoms with Crippen molar-refractivity contribution < 1.29 is 9.53 Å². The van der Waals surface area contributed by atoms with Gasteiger partial charge in [0.05, 0.1) is 17.6 Å². The number of urea groups is 1. The van der Waals surface area contributed by atoms with Gasteiger partial charge in [-0.25, -0.2) is 9.78 Å². The first-order chi connectivity index (χ1) is 13.6. The number of aromatic nitrogens is 2. The number of ether oxygens (including phenoxy) is 1. The van der Waals surface area contributed by atoms with Gasteiger partial charge in [-0.05, 0) is 48.7 Å². The van der Waals surface area contributed by atoms with Crippen LogP contribution in [-0.4, -0.2) is 22.5 Å². The molecule has 7 heteroatoms. The van der Waals surface area contributed by atoms with Gasteiger partial charge in [-0.1, -0.05) is 12.1 Å². The van der Waals surface area contributed by atoms with Crippen LogP contribution in [0.5, 0.6) is 11.6 Å². The second kappa shape index (κ2) is 7.86. The van der Waals surface area contributed by atoms with E-state index in [0.29, 0.717) is 29.7 Å². The standard InChI is InChI=1S/C21H19ClN4O2/c1-14-19(3-2-9-23-14)28-20-7-6-17(13-24-20)25-21(27)26-10-8-16-5-4-15(12-22)11-18(16)26/h2-7,9,11,13H,8,10,12H2,1H3,(H,25,27). The molecule has 0 atom stereocenters. The zero-order valence-corrected chi connectivity index (χ0v) is 16.1. The number of halogens is 1. The molecule has 1 aromatic carbocycles. The zero-order chi connectivity index (χ0) is 19.5. The number of carbonyl (C=O) groups excluding carboxylic acids is 1. The molecule has 6 nitrogen and oxygen atoms in total. The molecule has 3 aromatic rings. The van der Waals surface area contributed by atoms with E-state index in [4.69, 9.17) is 16.3 Å². The molecule has 142 valence electrons. The van der Waals surface area contributed by atoms with Crippen LogP contribution in [-0.2, 0) is 12.3 Å². The number of pyridine rings is 2. The fourth-order valence-electron chi connectivity index (χ4n) is 3.11. The first kappa shape index (κ1) is 18.3. The van der Waals surface area contributed by atoms with Gasteiger partial charge in [0.25, 0.3) is 0 Å². The van der Waals surface area contributed by atoms with Crippen molar-refractivity contribution in [2.45, 2.75) is 19.2 Å². The number of carbonyl (C=O) groups is 1. The second-order valence-electron chi connectivity index (χ2n) is 6.50. The van der Waals surface area contributed by atoms with E-state index in [2.05, 4.69) is 15.3 Å². The van der Waals surface area contributed by atoms with Crippen molar-refractivity contribution in [3.05, 3.63) is 71.7 Å². The van der Waals surface area contributed by atoms with Gasteiger partial charge < -0.3 is 10.1 Å². The Morgan fingerprint density at radius 3 is 2.89 bits per heavy atom. The van der Waals surface area contributed by atoms with Gasteiger partial charge in [-0.2, -0.15) is 0 Å². The Bertz CT molecular complexity index is 1010. The van der Waals surface area contributed by atoms with E-state index >= 15 is 0 Å². The number of alkyl halides is 1. The van der Waals surface area contributed by atoms with Crippen molar-refractivity contribution in [3.8, 4) is 11.6 Å². The number of nitrogens with one attached hydrogen (secondary N) is 1. The van der Waals surface area contributed by atoms with E-state index in [1.165, 1.54) is 0 Å². The van der Waals surface area contributed by atoms with Crippen LogP contribution in [0.4, 0.5) is 16.2 Å². The number of fused-ring (bicyclic) bond motifs is 1. The third-order valence-corrected chi connectivity index (χ3v) is 4.91. The molecule has 0 bridgehead atoms. The van der Waals surface area contributed by atoms with Crippen LogP contribution in [0, 0.1) is 6.92 Å². The molecule has 1 N–H and O–H groups in total. The molecule has 3 heterocycles. The van der Waals surface area contributed by atoms with Crippen LogP contribution in [0.1, 0.15) is 16.8 Å². The summed E-state index contributed by atoms with van der Waals surface area (Å²) in [5, 5.41) is 2.89. The molecule has 1 aliphatic heterocycles. The Morgan fingerprint density at radius 1 is 1.25 bits per heavy atom. The minimum absolute atomic E-state index is 0.191. The summed E-state index contributed by atoms with van der Waals surface area (Å²) in [6.07, 6.45) is 4.12. The van der Waals surface area contributed by atoms with Crippen molar-refractivity contribution in [1.82, 2.24) is 9.97 Å². The minimum atomic E-state index is -0.191. The number of benzene rings is 1. The number of rotatable bonds is 4. The minimum Gasteiger partial charge on any atom is -0.437 e. The SMILES string of the molecule is Cc1ncccc1Oc1ccc(NC(=O)N2CCc3ccc(CCl)cc32)cn1. The average molecular weight is 395 g/mol. The number of hydrogen-bond donors (Lipinski definition) is 1. The summed E-state index contributed by atoms with van der Waals surface area (Å²) in [6.45, 7) is 2.51. The van der Waals surface area contributed by atoms with Gasteiger partial charge in [0, 0.05) is 30.4 Å². The Balaban J connectivity index is 1.44. The monoisotopic (exact) mass is 394 g/mol. The Morgan fingerprint density at radius 2 is 2.14 bits per heavy atom. The van der Waals surface area contributed by atoms with Gasteiger partial charge in [0.15, 0.2) is 5.75 Å². The normalized spacial score (nSPS) is 12.6. The molecule has 0 spiro atoms. The van der Waals surface area contributed by atoms with E-state index in [0.717, 1.165) is 28.9 Å². The third-order valence-electron chi connectivity index (χ3n) is 4.61. The number of anilines is 2. The summed E-state index contributed by atoms with van der Waals surface area (Å²) in [4.78, 5) is 22.9. The maximum absolute atomic E-state index is 12.7. The summed E-state index contributed by atoms with van der Waals surface area (Å²) in [5.41, 5.74) is 4.44. The zero-order valence-electron chi connectivity index (χ0n) is 15.4. The number of amides is 2. The smallest absolute Gasteiger partial charge is 0.326 e. The quantitative estimate of drug-likeness (QED) is 0.638. The van der Waals surface area contributed by atoms with Gasteiger partial charge in [0.2, 0.25) is 5.88 Å². The Labute approximate surface area is 168 Å². The Kier molecular flexibility index (Phi) is 5.12. The lowest BCUT2D eigenvalue weighted by molar-refractivity contribution is 0.257. The summed E-state index contributed by atoms with van der Waals surface area (Å²) < 4.78 is 5.73. The second-order valence-corrected chi connectivity index (χ2v) is 6.77. The molecular weight excluding hydrogens is 376 g/mol. The molecule has 0 unspecified atom stereocenters. The predicted octanol–water partition coefficient (Wildman–Crippen LogP) is 4.91. The average Bonchev–Trinajstić information content (AvgIpc) is 3.14. The molecular formula is C21H19ClN4O2. The highest BCUT2D eigenvalue weighted by Gasteiger charge is 2.25. The van der Waals surface area contributed by atoms with Gasteiger partial charge >= 0.3 is 6.03 Å². The number of aryl methyl sites for hydroxylation is 1. The van der Waals surface area contributed by atoms with Crippen LogP contribution in [0.3, 0.4) is 0 Å². The molecule has 2 amide bonds. The summed E-state index contributed by atoms with van der Waals surface area (Å²) in [5.74, 6) is 1.51. The molecule has 0 saturated heterocycles. The van der Waals surface area contributed by atoms with Crippen LogP contribution >= 0.6 is 11.6 Å². The van der Waals surface area contributed by atoms with Crippen LogP contribution in [0.15, 0.2) is 54.9 Å². The van der Waals surface area contributed by atoms with Crippen molar-refractivity contribution in [1.29, 1.82) is 0 Å². The number of nitrogens with zero attached hydrogens (tertiary/aromatic N) is 3. The summed E-state index contributed by atoms with van der Waals surface area (Å²) in [7, 11) is 0. The van der Waals surface area contributed by atoms with E-state index in [9.17, 15) is 4.79 Å². The molecule has 1 aliphatic rings. The first-order valence-electron chi connectivity index (χ1n) is 8.96. The lowest BCUT2D eigenvalue weighted by Gasteiger charge is -2.18. The Hall–Kier alpha value is -3.12. The molecule has 0 saturated carbocycles. The molecule has 0 aliphatic carbocycles. The number of hydrogen-bond acceptors (Lipinski definition) is 4. The van der Waals surface area contributed by atoms with Crippen LogP contribution in [0.25, 0.3) is 0 Å². The van der Waals surface area contributed by atoms with Gasteiger partial charge in [-0.3, -0.25) is 9.88 Å². The first-order valence-corrected chi connectivity index (χ1v) is 9.49. The molecule has 28 heavy (non-hydrogen) atoms. The molecule has 4 rings (SSSR count). The summed E-state index contributed by atoms with van der Waals surface area (Å²) in [6, 6.07) is 12.9. The van der Waals surface area contributed by atoms with Crippen LogP contribution in [0.2, 0.25) is 0 Å². The van der Waals surface area contributed by atoms with Crippen molar-refractivity contribution in [3.63, 3.8) is 0 Å². The van der Waals surface area contributed by atoms with E-state index in [1.807, 2.05) is 31.2 Å². The van der Waals surface area contributed by atoms with E-state index < -0.39 is 0 Å². The highest BCUT2D eigenvalue weighted by Crippen LogP contribution is 2.30. The maximum atomic E-state index is 12.7. The lowest BCUT2D eigenvalue weighted by Crippen LogP contribution is -2.33. The van der Waals surface area contributed by atoms with E-state index in [-0.39, 0.29) is 6.03 Å². The van der Waals surface area contributed by atoms with Gasteiger partial charge in [0.1, 0.15) is 0 Å². The largest absolute Gasteiger partial charge is 0.437 e. The topological polar surface area (TPSA) is 67.3 Å². The highest BCUT2D eigenvalue weighted by atomic mass is 35.5. The van der Waals surface area contributed by atoms with Crippen molar-refractivity contribution in [2.75, 3.05) is 16.8 Å². The lowest BCUT2D eigenvalue weighted by atomic mass is 10.1. The summed E-state index contributed by atoms with van der Waals surface area (Å²) >= 11 is 5.93. The van der Waals surface area contributed by atoms with Crippen molar-refractivity contribution >= 4 is 29.0 Å². The molecule has 0 radical (unpaired) electrons. The predicted molar refractivity (Wildman–Crippen MR) is 109 cm³/mol.